The van der Waals surface area contributed by atoms with Gasteiger partial charge in [0.05, 0.1) is 41.5 Å². The number of hydrogen-bond donors (Lipinski definition) is 3. The molecular formula is C21H18N8O. The molecule has 0 saturated carbocycles. The van der Waals surface area contributed by atoms with Crippen LogP contribution in [0.3, 0.4) is 0 Å². The number of hydrogen-bond acceptors (Lipinski definition) is 6. The Hall–Kier alpha value is -4.27. The maximum atomic E-state index is 12.7. The summed E-state index contributed by atoms with van der Waals surface area (Å²) in [6, 6.07) is 5.84. The van der Waals surface area contributed by atoms with Crippen molar-refractivity contribution in [2.75, 3.05) is 5.32 Å². The van der Waals surface area contributed by atoms with Gasteiger partial charge in [0.15, 0.2) is 0 Å². The quantitative estimate of drug-likeness (QED) is 0.419. The van der Waals surface area contributed by atoms with Gasteiger partial charge >= 0.3 is 0 Å². The molecule has 0 aliphatic heterocycles. The van der Waals surface area contributed by atoms with Gasteiger partial charge in [0.2, 0.25) is 0 Å². The number of fused-ring (bicyclic) bond motifs is 1. The lowest BCUT2D eigenvalue weighted by Crippen LogP contribution is -2.13. The molecule has 0 amide bonds. The summed E-state index contributed by atoms with van der Waals surface area (Å²) in [6.07, 6.45) is 11.9. The van der Waals surface area contributed by atoms with Gasteiger partial charge in [-0.15, -0.1) is 0 Å². The van der Waals surface area contributed by atoms with Crippen molar-refractivity contribution in [1.82, 2.24) is 34.5 Å². The summed E-state index contributed by atoms with van der Waals surface area (Å²) in [7, 11) is 0. The monoisotopic (exact) mass is 398 g/mol. The van der Waals surface area contributed by atoms with Crippen LogP contribution in [0.4, 0.5) is 5.69 Å². The van der Waals surface area contributed by atoms with Crippen LogP contribution in [-0.2, 0) is 6.54 Å². The van der Waals surface area contributed by atoms with Crippen LogP contribution in [0.1, 0.15) is 11.3 Å². The molecule has 0 fully saturated rings. The third kappa shape index (κ3) is 3.22. The fraction of sp³-hybridized carbons (Fsp3) is 0.0952. The zero-order valence-corrected chi connectivity index (χ0v) is 16.1. The number of aromatic amines is 2. The number of pyridine rings is 1. The molecule has 4 heterocycles. The molecule has 5 aromatic rings. The standard InChI is InChI=1S/C21H18N8O/c1-13-8-15(29-7-6-23-12-29)9-17-19(13)28-20(27-17)18-16(2-3-25-21(18)30)26-11-14-10-22-4-5-24-14/h2-10,12H,11H2,1H3,(H,27,28)(H2,25,26,30). The number of aromatic nitrogens is 7. The molecule has 0 saturated heterocycles. The minimum Gasteiger partial charge on any atom is -0.379 e. The van der Waals surface area contributed by atoms with E-state index in [4.69, 9.17) is 4.98 Å². The predicted molar refractivity (Wildman–Crippen MR) is 113 cm³/mol. The summed E-state index contributed by atoms with van der Waals surface area (Å²) in [5, 5.41) is 3.27. The Morgan fingerprint density at radius 2 is 2.10 bits per heavy atom. The van der Waals surface area contributed by atoms with Crippen molar-refractivity contribution >= 4 is 16.7 Å². The highest BCUT2D eigenvalue weighted by Gasteiger charge is 2.16. The second-order valence-corrected chi connectivity index (χ2v) is 6.86. The van der Waals surface area contributed by atoms with Crippen molar-refractivity contribution in [3.8, 4) is 17.1 Å². The fourth-order valence-electron chi connectivity index (χ4n) is 3.42. The molecule has 5 rings (SSSR count). The molecule has 30 heavy (non-hydrogen) atoms. The molecule has 9 nitrogen and oxygen atoms in total. The number of imidazole rings is 2. The van der Waals surface area contributed by atoms with E-state index in [1.54, 1.807) is 37.3 Å². The van der Waals surface area contributed by atoms with E-state index >= 15 is 0 Å². The molecule has 4 aromatic heterocycles. The first kappa shape index (κ1) is 17.8. The van der Waals surface area contributed by atoms with E-state index in [0.29, 0.717) is 23.6 Å². The number of rotatable bonds is 5. The van der Waals surface area contributed by atoms with E-state index in [1.807, 2.05) is 35.9 Å². The van der Waals surface area contributed by atoms with Gasteiger partial charge in [0, 0.05) is 36.7 Å². The highest BCUT2D eigenvalue weighted by atomic mass is 16.1. The van der Waals surface area contributed by atoms with Gasteiger partial charge in [0.1, 0.15) is 11.4 Å². The van der Waals surface area contributed by atoms with Crippen molar-refractivity contribution in [2.45, 2.75) is 13.5 Å². The first-order valence-corrected chi connectivity index (χ1v) is 9.38. The third-order valence-corrected chi connectivity index (χ3v) is 4.84. The Balaban J connectivity index is 1.57. The highest BCUT2D eigenvalue weighted by molar-refractivity contribution is 5.86. The highest BCUT2D eigenvalue weighted by Crippen LogP contribution is 2.27. The SMILES string of the molecule is Cc1cc(-n2ccnc2)cc2[nH]c(-c3c(NCc4cnccn4)cc[nH]c3=O)nc12. The Morgan fingerprint density at radius 3 is 2.90 bits per heavy atom. The van der Waals surface area contributed by atoms with Crippen LogP contribution < -0.4 is 10.9 Å². The molecule has 3 N–H and O–H groups in total. The van der Waals surface area contributed by atoms with Crippen molar-refractivity contribution in [2.24, 2.45) is 0 Å². The summed E-state index contributed by atoms with van der Waals surface area (Å²) in [6.45, 7) is 2.43. The topological polar surface area (TPSA) is 117 Å². The van der Waals surface area contributed by atoms with E-state index in [2.05, 4.69) is 30.2 Å². The van der Waals surface area contributed by atoms with Crippen LogP contribution in [0.25, 0.3) is 28.1 Å². The number of aryl methyl sites for hydroxylation is 1. The Labute approximate surface area is 170 Å². The van der Waals surface area contributed by atoms with Crippen molar-refractivity contribution in [3.05, 3.63) is 83.3 Å². The van der Waals surface area contributed by atoms with Gasteiger partial charge in [-0.2, -0.15) is 0 Å². The van der Waals surface area contributed by atoms with Gasteiger partial charge in [-0.1, -0.05) is 0 Å². The summed E-state index contributed by atoms with van der Waals surface area (Å²) in [5.74, 6) is 0.499. The van der Waals surface area contributed by atoms with Crippen molar-refractivity contribution < 1.29 is 0 Å². The molecule has 0 aliphatic carbocycles. The number of H-pyrrole nitrogens is 2. The molecule has 0 bridgehead atoms. The van der Waals surface area contributed by atoms with Crippen molar-refractivity contribution in [1.29, 1.82) is 0 Å². The largest absolute Gasteiger partial charge is 0.379 e. The Kier molecular flexibility index (Phi) is 4.32. The molecule has 9 heteroatoms. The van der Waals surface area contributed by atoms with Crippen molar-refractivity contribution in [3.63, 3.8) is 0 Å². The minimum absolute atomic E-state index is 0.231. The molecule has 0 spiro atoms. The first-order valence-electron chi connectivity index (χ1n) is 9.38. The average Bonchev–Trinajstić information content (AvgIpc) is 3.43. The average molecular weight is 398 g/mol. The van der Waals surface area contributed by atoms with Crippen LogP contribution in [-0.4, -0.2) is 34.5 Å². The van der Waals surface area contributed by atoms with Crippen LogP contribution in [0, 0.1) is 6.92 Å². The third-order valence-electron chi connectivity index (χ3n) is 4.84. The normalized spacial score (nSPS) is 11.1. The maximum Gasteiger partial charge on any atom is 0.261 e. The lowest BCUT2D eigenvalue weighted by atomic mass is 10.2. The van der Waals surface area contributed by atoms with Gasteiger partial charge in [-0.3, -0.25) is 14.8 Å². The summed E-state index contributed by atoms with van der Waals surface area (Å²) >= 11 is 0. The smallest absolute Gasteiger partial charge is 0.261 e. The van der Waals surface area contributed by atoms with Crippen LogP contribution >= 0.6 is 0 Å². The number of nitrogens with one attached hydrogen (secondary N) is 3. The van der Waals surface area contributed by atoms with Crippen LogP contribution in [0.2, 0.25) is 0 Å². The van der Waals surface area contributed by atoms with E-state index in [0.717, 1.165) is 28.0 Å². The number of benzene rings is 1. The van der Waals surface area contributed by atoms with E-state index in [1.165, 1.54) is 0 Å². The lowest BCUT2D eigenvalue weighted by Gasteiger charge is -2.09. The van der Waals surface area contributed by atoms with E-state index in [9.17, 15) is 4.79 Å². The second-order valence-electron chi connectivity index (χ2n) is 6.86. The fourth-order valence-corrected chi connectivity index (χ4v) is 3.42. The first-order chi connectivity index (χ1) is 14.7. The van der Waals surface area contributed by atoms with E-state index in [-0.39, 0.29) is 5.56 Å². The zero-order valence-electron chi connectivity index (χ0n) is 16.1. The van der Waals surface area contributed by atoms with Crippen LogP contribution in [0.15, 0.2) is 66.5 Å². The molecular weight excluding hydrogens is 380 g/mol. The summed E-state index contributed by atoms with van der Waals surface area (Å²) in [4.78, 5) is 35.8. The molecule has 1 aromatic carbocycles. The summed E-state index contributed by atoms with van der Waals surface area (Å²) in [5.41, 5.74) is 5.28. The predicted octanol–water partition coefficient (Wildman–Crippen LogP) is 2.81. The van der Waals surface area contributed by atoms with Gasteiger partial charge in [-0.25, -0.2) is 9.97 Å². The Morgan fingerprint density at radius 1 is 1.17 bits per heavy atom. The lowest BCUT2D eigenvalue weighted by molar-refractivity contribution is 1.01. The summed E-state index contributed by atoms with van der Waals surface area (Å²) < 4.78 is 1.93. The van der Waals surface area contributed by atoms with Crippen LogP contribution in [0.5, 0.6) is 0 Å². The zero-order chi connectivity index (χ0) is 20.5. The minimum atomic E-state index is -0.231. The molecule has 0 unspecified atom stereocenters. The van der Waals surface area contributed by atoms with Gasteiger partial charge in [-0.05, 0) is 30.7 Å². The molecule has 0 aliphatic rings. The molecule has 0 atom stereocenters. The van der Waals surface area contributed by atoms with E-state index < -0.39 is 0 Å². The van der Waals surface area contributed by atoms with Gasteiger partial charge < -0.3 is 19.9 Å². The second kappa shape index (κ2) is 7.28. The number of nitrogens with zero attached hydrogens (tertiary/aromatic N) is 5. The number of anilines is 1. The molecule has 0 radical (unpaired) electrons. The molecule has 148 valence electrons. The maximum absolute atomic E-state index is 12.7. The van der Waals surface area contributed by atoms with Gasteiger partial charge in [0.25, 0.3) is 5.56 Å². The Bertz CT molecular complexity index is 1370.